The Bertz CT molecular complexity index is 883. The molecule has 0 radical (unpaired) electrons. The Morgan fingerprint density at radius 3 is 2.46 bits per heavy atom. The molecule has 2 aromatic carbocycles. The van der Waals surface area contributed by atoms with Crippen LogP contribution in [0.5, 0.6) is 0 Å². The highest BCUT2D eigenvalue weighted by atomic mass is 16.2. The number of rotatable bonds is 6. The van der Waals surface area contributed by atoms with E-state index in [0.29, 0.717) is 12.1 Å². The summed E-state index contributed by atoms with van der Waals surface area (Å²) in [5.41, 5.74) is 4.96. The lowest BCUT2D eigenvalue weighted by molar-refractivity contribution is 0.0784. The Kier molecular flexibility index (Phi) is 5.52. The van der Waals surface area contributed by atoms with Crippen LogP contribution in [0.15, 0.2) is 60.8 Å². The predicted octanol–water partition coefficient (Wildman–Crippen LogP) is 4.41. The van der Waals surface area contributed by atoms with E-state index in [1.165, 1.54) is 0 Å². The van der Waals surface area contributed by atoms with Gasteiger partial charge < -0.3 is 4.90 Å². The van der Waals surface area contributed by atoms with E-state index in [1.54, 1.807) is 11.1 Å². The first kappa shape index (κ1) is 17.9. The average molecular weight is 347 g/mol. The zero-order valence-electron chi connectivity index (χ0n) is 15.6. The number of para-hydroxylation sites is 1. The number of hydrogen-bond acceptors (Lipinski definition) is 2. The summed E-state index contributed by atoms with van der Waals surface area (Å²) in [6.45, 7) is 4.77. The lowest BCUT2D eigenvalue weighted by Crippen LogP contribution is -2.27. The minimum absolute atomic E-state index is 0.0112. The van der Waals surface area contributed by atoms with Crippen molar-refractivity contribution < 1.29 is 4.79 Å². The maximum atomic E-state index is 13.0. The van der Waals surface area contributed by atoms with E-state index in [1.807, 2.05) is 60.3 Å². The van der Waals surface area contributed by atoms with Gasteiger partial charge in [-0.3, -0.25) is 4.79 Å². The summed E-state index contributed by atoms with van der Waals surface area (Å²) >= 11 is 0. The van der Waals surface area contributed by atoms with Crippen LogP contribution in [-0.4, -0.2) is 27.6 Å². The molecule has 3 rings (SSSR count). The lowest BCUT2D eigenvalue weighted by atomic mass is 10.1. The molecule has 134 valence electrons. The predicted molar refractivity (Wildman–Crippen MR) is 105 cm³/mol. The topological polar surface area (TPSA) is 38.1 Å². The largest absolute Gasteiger partial charge is 0.337 e. The van der Waals surface area contributed by atoms with E-state index in [-0.39, 0.29) is 5.91 Å². The van der Waals surface area contributed by atoms with Crippen molar-refractivity contribution >= 4 is 5.91 Å². The van der Waals surface area contributed by atoms with E-state index in [4.69, 9.17) is 0 Å². The molecule has 1 aromatic heterocycles. The molecular weight excluding hydrogens is 322 g/mol. The molecule has 4 nitrogen and oxygen atoms in total. The Hall–Kier alpha value is -2.88. The molecule has 0 aliphatic heterocycles. The molecule has 0 fully saturated rings. The lowest BCUT2D eigenvalue weighted by Gasteiger charge is -2.18. The molecule has 0 spiro atoms. The van der Waals surface area contributed by atoms with Gasteiger partial charge in [-0.15, -0.1) is 0 Å². The SMILES string of the molecule is CCCc1c(C(=O)N(C)Cc2ccccc2)cnn1-c1ccccc1C. The molecule has 1 amide bonds. The van der Waals surface area contributed by atoms with Gasteiger partial charge in [-0.05, 0) is 30.5 Å². The van der Waals surface area contributed by atoms with E-state index >= 15 is 0 Å². The first-order chi connectivity index (χ1) is 12.6. The zero-order chi connectivity index (χ0) is 18.5. The van der Waals surface area contributed by atoms with Crippen molar-refractivity contribution in [1.29, 1.82) is 0 Å². The molecule has 0 bridgehead atoms. The van der Waals surface area contributed by atoms with Crippen LogP contribution in [0.1, 0.15) is 40.5 Å². The van der Waals surface area contributed by atoms with Crippen LogP contribution in [0, 0.1) is 6.92 Å². The van der Waals surface area contributed by atoms with Gasteiger partial charge in [-0.1, -0.05) is 61.9 Å². The second kappa shape index (κ2) is 8.00. The molecule has 0 N–H and O–H groups in total. The van der Waals surface area contributed by atoms with Gasteiger partial charge in [0.15, 0.2) is 0 Å². The molecule has 3 aromatic rings. The van der Waals surface area contributed by atoms with Gasteiger partial charge >= 0.3 is 0 Å². The van der Waals surface area contributed by atoms with E-state index in [2.05, 4.69) is 25.0 Å². The molecule has 4 heteroatoms. The second-order valence-corrected chi connectivity index (χ2v) is 6.60. The third-order valence-electron chi connectivity index (χ3n) is 4.54. The molecule has 0 saturated heterocycles. The highest BCUT2D eigenvalue weighted by molar-refractivity contribution is 5.95. The third-order valence-corrected chi connectivity index (χ3v) is 4.54. The number of hydrogen-bond donors (Lipinski definition) is 0. The van der Waals surface area contributed by atoms with E-state index in [9.17, 15) is 4.79 Å². The van der Waals surface area contributed by atoms with Crippen LogP contribution < -0.4 is 0 Å². The smallest absolute Gasteiger partial charge is 0.257 e. The Morgan fingerprint density at radius 2 is 1.77 bits per heavy atom. The summed E-state index contributed by atoms with van der Waals surface area (Å²) in [5, 5.41) is 4.55. The highest BCUT2D eigenvalue weighted by Gasteiger charge is 2.21. The third kappa shape index (κ3) is 3.69. The van der Waals surface area contributed by atoms with Crippen LogP contribution >= 0.6 is 0 Å². The number of amides is 1. The fourth-order valence-corrected chi connectivity index (χ4v) is 3.17. The number of carbonyl (C=O) groups is 1. The van der Waals surface area contributed by atoms with Crippen LogP contribution in [0.25, 0.3) is 5.69 Å². The molecule has 0 unspecified atom stereocenters. The number of nitrogens with zero attached hydrogens (tertiary/aromatic N) is 3. The number of aryl methyl sites for hydroxylation is 1. The van der Waals surface area contributed by atoms with Crippen molar-refractivity contribution in [2.45, 2.75) is 33.2 Å². The fraction of sp³-hybridized carbons (Fsp3) is 0.273. The van der Waals surface area contributed by atoms with Crippen molar-refractivity contribution in [3.05, 3.63) is 83.2 Å². The maximum Gasteiger partial charge on any atom is 0.257 e. The molecule has 0 aliphatic rings. The first-order valence-corrected chi connectivity index (χ1v) is 9.04. The van der Waals surface area contributed by atoms with Crippen molar-refractivity contribution in [1.82, 2.24) is 14.7 Å². The molecule has 0 saturated carbocycles. The summed E-state index contributed by atoms with van der Waals surface area (Å²) < 4.78 is 1.92. The van der Waals surface area contributed by atoms with Crippen molar-refractivity contribution in [3.8, 4) is 5.69 Å². The van der Waals surface area contributed by atoms with Gasteiger partial charge in [0.2, 0.25) is 0 Å². The number of aromatic nitrogens is 2. The van der Waals surface area contributed by atoms with Gasteiger partial charge in [-0.25, -0.2) is 4.68 Å². The molecule has 1 heterocycles. The maximum absolute atomic E-state index is 13.0. The molecule has 26 heavy (non-hydrogen) atoms. The summed E-state index contributed by atoms with van der Waals surface area (Å²) in [6.07, 6.45) is 3.48. The minimum Gasteiger partial charge on any atom is -0.337 e. The van der Waals surface area contributed by atoms with Crippen LogP contribution in [0.2, 0.25) is 0 Å². The van der Waals surface area contributed by atoms with Gasteiger partial charge in [0.25, 0.3) is 5.91 Å². The quantitative estimate of drug-likeness (QED) is 0.662. The standard InChI is InChI=1S/C22H25N3O/c1-4-10-21-19(15-23-25(21)20-14-9-8-11-17(20)2)22(26)24(3)16-18-12-6-5-7-13-18/h5-9,11-15H,4,10,16H2,1-3H3. The zero-order valence-corrected chi connectivity index (χ0v) is 15.6. The number of carbonyl (C=O) groups excluding carboxylic acids is 1. The Morgan fingerprint density at radius 1 is 1.08 bits per heavy atom. The fourth-order valence-electron chi connectivity index (χ4n) is 3.17. The average Bonchev–Trinajstić information content (AvgIpc) is 3.06. The molecular formula is C22H25N3O. The van der Waals surface area contributed by atoms with E-state index in [0.717, 1.165) is 35.3 Å². The highest BCUT2D eigenvalue weighted by Crippen LogP contribution is 2.21. The normalized spacial score (nSPS) is 10.7. The van der Waals surface area contributed by atoms with Gasteiger partial charge in [0.05, 0.1) is 23.1 Å². The summed E-state index contributed by atoms with van der Waals surface area (Å²) in [4.78, 5) is 14.8. The first-order valence-electron chi connectivity index (χ1n) is 9.04. The van der Waals surface area contributed by atoms with Crippen molar-refractivity contribution in [2.75, 3.05) is 7.05 Å². The van der Waals surface area contributed by atoms with Gasteiger partial charge in [0.1, 0.15) is 0 Å². The van der Waals surface area contributed by atoms with E-state index < -0.39 is 0 Å². The summed E-state index contributed by atoms with van der Waals surface area (Å²) in [5.74, 6) is 0.0112. The van der Waals surface area contributed by atoms with Crippen LogP contribution in [0.4, 0.5) is 0 Å². The Balaban J connectivity index is 1.92. The van der Waals surface area contributed by atoms with Crippen LogP contribution in [-0.2, 0) is 13.0 Å². The monoisotopic (exact) mass is 347 g/mol. The van der Waals surface area contributed by atoms with Crippen LogP contribution in [0.3, 0.4) is 0 Å². The summed E-state index contributed by atoms with van der Waals surface area (Å²) in [7, 11) is 1.84. The Labute approximate surface area is 155 Å². The van der Waals surface area contributed by atoms with Crippen molar-refractivity contribution in [2.24, 2.45) is 0 Å². The second-order valence-electron chi connectivity index (χ2n) is 6.60. The van der Waals surface area contributed by atoms with Gasteiger partial charge in [-0.2, -0.15) is 5.10 Å². The summed E-state index contributed by atoms with van der Waals surface area (Å²) in [6, 6.07) is 18.2. The van der Waals surface area contributed by atoms with Gasteiger partial charge in [0, 0.05) is 13.6 Å². The minimum atomic E-state index is 0.0112. The van der Waals surface area contributed by atoms with Crippen molar-refractivity contribution in [3.63, 3.8) is 0 Å². The molecule has 0 atom stereocenters. The molecule has 0 aliphatic carbocycles. The number of benzene rings is 2.